The molecule has 0 radical (unpaired) electrons. The van der Waals surface area contributed by atoms with Crippen LogP contribution in [0.3, 0.4) is 0 Å². The van der Waals surface area contributed by atoms with E-state index < -0.39 is 10.0 Å². The van der Waals surface area contributed by atoms with Gasteiger partial charge in [0.2, 0.25) is 0 Å². The van der Waals surface area contributed by atoms with E-state index in [2.05, 4.69) is 10.0 Å². The number of anilines is 2. The first-order valence-corrected chi connectivity index (χ1v) is 9.06. The fourth-order valence-corrected chi connectivity index (χ4v) is 3.40. The van der Waals surface area contributed by atoms with Gasteiger partial charge in [0.1, 0.15) is 16.4 Å². The smallest absolute Gasteiger partial charge is 0.265 e. The van der Waals surface area contributed by atoms with Crippen LogP contribution in [-0.4, -0.2) is 42.9 Å². The lowest BCUT2D eigenvalue weighted by Crippen LogP contribution is -2.14. The lowest BCUT2D eigenvalue weighted by Gasteiger charge is -2.13. The average molecular weight is 366 g/mol. The summed E-state index contributed by atoms with van der Waals surface area (Å²) in [4.78, 5) is 0.0108. The Labute approximate surface area is 148 Å². The normalized spacial score (nSPS) is 11.0. The molecule has 25 heavy (non-hydrogen) atoms. The van der Waals surface area contributed by atoms with Crippen LogP contribution < -0.4 is 19.5 Å². The first-order chi connectivity index (χ1) is 12.0. The Morgan fingerprint density at radius 2 is 1.60 bits per heavy atom. The van der Waals surface area contributed by atoms with Gasteiger partial charge in [0, 0.05) is 31.1 Å². The van der Waals surface area contributed by atoms with E-state index in [1.807, 2.05) is 0 Å². The van der Waals surface area contributed by atoms with E-state index in [1.165, 1.54) is 20.3 Å². The monoisotopic (exact) mass is 366 g/mol. The van der Waals surface area contributed by atoms with Gasteiger partial charge in [-0.2, -0.15) is 0 Å². The lowest BCUT2D eigenvalue weighted by molar-refractivity contribution is 0.211. The van der Waals surface area contributed by atoms with Gasteiger partial charge in [-0.25, -0.2) is 8.42 Å². The van der Waals surface area contributed by atoms with Crippen molar-refractivity contribution in [2.24, 2.45) is 0 Å². The molecule has 0 amide bonds. The Balaban J connectivity index is 2.18. The molecule has 0 atom stereocenters. The predicted octanol–water partition coefficient (Wildman–Crippen LogP) is 2.56. The van der Waals surface area contributed by atoms with Crippen molar-refractivity contribution in [3.8, 4) is 11.5 Å². The van der Waals surface area contributed by atoms with Crippen molar-refractivity contribution >= 4 is 21.4 Å². The molecule has 0 saturated carbocycles. The summed E-state index contributed by atoms with van der Waals surface area (Å²) in [5, 5.41) is 3.16. The second kappa shape index (κ2) is 8.59. The molecule has 2 rings (SSSR count). The van der Waals surface area contributed by atoms with E-state index in [0.717, 1.165) is 5.69 Å². The van der Waals surface area contributed by atoms with E-state index in [1.54, 1.807) is 43.5 Å². The van der Waals surface area contributed by atoms with Crippen LogP contribution in [0.4, 0.5) is 11.4 Å². The van der Waals surface area contributed by atoms with Gasteiger partial charge in [0.25, 0.3) is 10.0 Å². The number of hydrogen-bond donors (Lipinski definition) is 2. The molecule has 0 aromatic heterocycles. The van der Waals surface area contributed by atoms with Crippen molar-refractivity contribution in [3.63, 3.8) is 0 Å². The number of nitrogens with one attached hydrogen (secondary N) is 2. The predicted molar refractivity (Wildman–Crippen MR) is 97.2 cm³/mol. The third-order valence-electron chi connectivity index (χ3n) is 3.43. The van der Waals surface area contributed by atoms with Crippen LogP contribution in [-0.2, 0) is 14.8 Å². The summed E-state index contributed by atoms with van der Waals surface area (Å²) in [5.41, 5.74) is 1.32. The Bertz CT molecular complexity index is 791. The SMILES string of the molecule is COCCNc1ccc(NS(=O)(=O)c2cc(OC)ccc2OC)cc1. The molecule has 0 heterocycles. The molecule has 0 aliphatic rings. The van der Waals surface area contributed by atoms with E-state index >= 15 is 0 Å². The highest BCUT2D eigenvalue weighted by Crippen LogP contribution is 2.29. The maximum atomic E-state index is 12.7. The summed E-state index contributed by atoms with van der Waals surface area (Å²) < 4.78 is 43.1. The minimum absolute atomic E-state index is 0.0108. The molecule has 2 N–H and O–H groups in total. The van der Waals surface area contributed by atoms with Gasteiger partial charge in [-0.3, -0.25) is 4.72 Å². The quantitative estimate of drug-likeness (QED) is 0.664. The summed E-state index contributed by atoms with van der Waals surface area (Å²) >= 11 is 0. The summed E-state index contributed by atoms with van der Waals surface area (Å²) in [5.74, 6) is 0.671. The molecule has 0 aliphatic heterocycles. The average Bonchev–Trinajstić information content (AvgIpc) is 2.62. The number of hydrogen-bond acceptors (Lipinski definition) is 6. The highest BCUT2D eigenvalue weighted by Gasteiger charge is 2.20. The van der Waals surface area contributed by atoms with Crippen LogP contribution in [0.25, 0.3) is 0 Å². The zero-order valence-electron chi connectivity index (χ0n) is 14.4. The summed E-state index contributed by atoms with van der Waals surface area (Å²) in [6.07, 6.45) is 0. The summed E-state index contributed by atoms with van der Waals surface area (Å²) in [7, 11) is 0.705. The molecule has 0 bridgehead atoms. The van der Waals surface area contributed by atoms with Crippen LogP contribution in [0.1, 0.15) is 0 Å². The largest absolute Gasteiger partial charge is 0.497 e. The number of sulfonamides is 1. The summed E-state index contributed by atoms with van der Waals surface area (Å²) in [6, 6.07) is 11.5. The number of methoxy groups -OCH3 is 3. The molecule has 0 spiro atoms. The third kappa shape index (κ3) is 5.01. The molecule has 0 saturated heterocycles. The highest BCUT2D eigenvalue weighted by molar-refractivity contribution is 7.92. The molecular weight excluding hydrogens is 344 g/mol. The van der Waals surface area contributed by atoms with E-state index in [4.69, 9.17) is 14.2 Å². The zero-order valence-corrected chi connectivity index (χ0v) is 15.2. The van der Waals surface area contributed by atoms with Crippen molar-refractivity contribution < 1.29 is 22.6 Å². The second-order valence-electron chi connectivity index (χ2n) is 5.12. The molecule has 0 fully saturated rings. The van der Waals surface area contributed by atoms with Crippen LogP contribution in [0, 0.1) is 0 Å². The Kier molecular flexibility index (Phi) is 6.49. The van der Waals surface area contributed by atoms with E-state index in [-0.39, 0.29) is 10.6 Å². The Hall–Kier alpha value is -2.45. The zero-order chi connectivity index (χ0) is 18.3. The van der Waals surface area contributed by atoms with Crippen LogP contribution in [0.15, 0.2) is 47.4 Å². The number of ether oxygens (including phenoxy) is 3. The van der Waals surface area contributed by atoms with Crippen molar-refractivity contribution in [3.05, 3.63) is 42.5 Å². The maximum absolute atomic E-state index is 12.7. The van der Waals surface area contributed by atoms with Gasteiger partial charge in [0.15, 0.2) is 0 Å². The number of rotatable bonds is 9. The van der Waals surface area contributed by atoms with Crippen molar-refractivity contribution in [1.82, 2.24) is 0 Å². The Morgan fingerprint density at radius 3 is 2.20 bits per heavy atom. The lowest BCUT2D eigenvalue weighted by atomic mass is 10.3. The minimum atomic E-state index is -3.82. The molecule has 7 nitrogen and oxygen atoms in total. The van der Waals surface area contributed by atoms with E-state index in [9.17, 15) is 8.42 Å². The topological polar surface area (TPSA) is 85.9 Å². The van der Waals surface area contributed by atoms with Gasteiger partial charge in [-0.1, -0.05) is 0 Å². The van der Waals surface area contributed by atoms with Gasteiger partial charge in [-0.05, 0) is 36.4 Å². The first-order valence-electron chi connectivity index (χ1n) is 7.58. The van der Waals surface area contributed by atoms with Gasteiger partial charge >= 0.3 is 0 Å². The van der Waals surface area contributed by atoms with Gasteiger partial charge in [-0.15, -0.1) is 0 Å². The fourth-order valence-electron chi connectivity index (χ4n) is 2.16. The minimum Gasteiger partial charge on any atom is -0.497 e. The standard InChI is InChI=1S/C17H22N2O5S/c1-22-11-10-18-13-4-6-14(7-5-13)19-25(20,21)17-12-15(23-2)8-9-16(17)24-3/h4-9,12,18-19H,10-11H2,1-3H3. The molecule has 0 unspecified atom stereocenters. The van der Waals surface area contributed by atoms with Crippen LogP contribution >= 0.6 is 0 Å². The molecule has 136 valence electrons. The third-order valence-corrected chi connectivity index (χ3v) is 4.84. The molecule has 8 heteroatoms. The van der Waals surface area contributed by atoms with Crippen LogP contribution in [0.2, 0.25) is 0 Å². The van der Waals surface area contributed by atoms with Crippen molar-refractivity contribution in [2.45, 2.75) is 4.90 Å². The van der Waals surface area contributed by atoms with Gasteiger partial charge < -0.3 is 19.5 Å². The second-order valence-corrected chi connectivity index (χ2v) is 6.77. The van der Waals surface area contributed by atoms with Crippen molar-refractivity contribution in [2.75, 3.05) is 44.5 Å². The summed E-state index contributed by atoms with van der Waals surface area (Å²) in [6.45, 7) is 1.26. The van der Waals surface area contributed by atoms with E-state index in [0.29, 0.717) is 24.6 Å². The first kappa shape index (κ1) is 18.9. The van der Waals surface area contributed by atoms with Crippen LogP contribution in [0.5, 0.6) is 11.5 Å². The Morgan fingerprint density at radius 1 is 0.920 bits per heavy atom. The number of benzene rings is 2. The molecular formula is C17H22N2O5S. The van der Waals surface area contributed by atoms with Crippen molar-refractivity contribution in [1.29, 1.82) is 0 Å². The fraction of sp³-hybridized carbons (Fsp3) is 0.294. The highest BCUT2D eigenvalue weighted by atomic mass is 32.2. The molecule has 2 aromatic carbocycles. The molecule has 2 aromatic rings. The molecule has 0 aliphatic carbocycles. The van der Waals surface area contributed by atoms with Gasteiger partial charge in [0.05, 0.1) is 20.8 Å². The maximum Gasteiger partial charge on any atom is 0.265 e.